The Bertz CT molecular complexity index is 1000. The van der Waals surface area contributed by atoms with Crippen LogP contribution >= 0.6 is 11.3 Å². The van der Waals surface area contributed by atoms with E-state index < -0.39 is 0 Å². The lowest BCUT2D eigenvalue weighted by atomic mass is 10.2. The average molecular weight is 394 g/mol. The number of benzene rings is 1. The Balaban J connectivity index is 1.47. The second-order valence-corrected chi connectivity index (χ2v) is 6.96. The number of carbonyl (C=O) groups is 2. The maximum Gasteiger partial charge on any atom is 0.243 e. The summed E-state index contributed by atoms with van der Waals surface area (Å²) in [5.74, 6) is 2.92. The maximum atomic E-state index is 12.3. The molecule has 1 aromatic carbocycles. The van der Waals surface area contributed by atoms with E-state index in [0.29, 0.717) is 29.4 Å². The van der Waals surface area contributed by atoms with Gasteiger partial charge in [0.05, 0.1) is 11.4 Å². The minimum Gasteiger partial charge on any atom is -0.339 e. The molecule has 0 bridgehead atoms. The van der Waals surface area contributed by atoms with E-state index in [1.165, 1.54) is 16.2 Å². The Morgan fingerprint density at radius 2 is 2.18 bits per heavy atom. The van der Waals surface area contributed by atoms with Crippen LogP contribution in [0.4, 0.5) is 5.69 Å². The van der Waals surface area contributed by atoms with Crippen molar-refractivity contribution >= 4 is 28.8 Å². The molecule has 0 aliphatic heterocycles. The average Bonchev–Trinajstić information content (AvgIpc) is 3.37. The standard InChI is InChI=1S/C20H18N4O3S/c1-3-14-6-4-7-15(12-14)21-17(25)13-24(2)19(26)10-9-18-22-20(23-27-18)16-8-5-11-28-16/h1,4-8,11-12H,9-10,13H2,2H3,(H,21,25). The number of terminal acetylenes is 1. The molecule has 2 aromatic heterocycles. The molecule has 142 valence electrons. The Kier molecular flexibility index (Phi) is 6.19. The normalized spacial score (nSPS) is 10.3. The number of anilines is 1. The first-order chi connectivity index (χ1) is 13.5. The van der Waals surface area contributed by atoms with Gasteiger partial charge in [0.1, 0.15) is 0 Å². The summed E-state index contributed by atoms with van der Waals surface area (Å²) in [5, 5.41) is 8.57. The number of thiophene rings is 1. The number of aryl methyl sites for hydroxylation is 1. The molecule has 0 atom stereocenters. The summed E-state index contributed by atoms with van der Waals surface area (Å²) < 4.78 is 5.18. The van der Waals surface area contributed by atoms with Gasteiger partial charge in [-0.1, -0.05) is 23.2 Å². The molecule has 28 heavy (non-hydrogen) atoms. The summed E-state index contributed by atoms with van der Waals surface area (Å²) >= 11 is 1.51. The lowest BCUT2D eigenvalue weighted by Crippen LogP contribution is -2.35. The quantitative estimate of drug-likeness (QED) is 0.623. The zero-order chi connectivity index (χ0) is 19.9. The molecule has 0 aliphatic carbocycles. The highest BCUT2D eigenvalue weighted by Gasteiger charge is 2.16. The summed E-state index contributed by atoms with van der Waals surface area (Å²) in [5.41, 5.74) is 1.26. The number of aromatic nitrogens is 2. The summed E-state index contributed by atoms with van der Waals surface area (Å²) in [4.78, 5) is 31.0. The Morgan fingerprint density at radius 3 is 2.93 bits per heavy atom. The molecule has 0 fully saturated rings. The van der Waals surface area contributed by atoms with E-state index in [-0.39, 0.29) is 24.8 Å². The van der Waals surface area contributed by atoms with Crippen LogP contribution in [0.2, 0.25) is 0 Å². The third-order valence-corrected chi connectivity index (χ3v) is 4.75. The van der Waals surface area contributed by atoms with E-state index in [9.17, 15) is 9.59 Å². The van der Waals surface area contributed by atoms with E-state index in [4.69, 9.17) is 10.9 Å². The number of likely N-dealkylation sites (N-methyl/N-ethyl adjacent to an activating group) is 1. The van der Waals surface area contributed by atoms with Gasteiger partial charge in [0.25, 0.3) is 0 Å². The Hall–Kier alpha value is -3.44. The molecule has 0 unspecified atom stereocenters. The van der Waals surface area contributed by atoms with Crippen LogP contribution < -0.4 is 5.32 Å². The molecule has 7 nitrogen and oxygen atoms in total. The van der Waals surface area contributed by atoms with Crippen LogP contribution in [0, 0.1) is 12.3 Å². The highest BCUT2D eigenvalue weighted by molar-refractivity contribution is 7.13. The molecule has 0 radical (unpaired) electrons. The first kappa shape index (κ1) is 19.3. The highest BCUT2D eigenvalue weighted by atomic mass is 32.1. The van der Waals surface area contributed by atoms with Crippen LogP contribution in [-0.2, 0) is 16.0 Å². The summed E-state index contributed by atoms with van der Waals surface area (Å²) in [6.07, 6.45) is 5.83. The molecular weight excluding hydrogens is 376 g/mol. The minimum absolute atomic E-state index is 0.0661. The third-order valence-electron chi connectivity index (χ3n) is 3.88. The van der Waals surface area contributed by atoms with Crippen LogP contribution in [0.1, 0.15) is 17.9 Å². The van der Waals surface area contributed by atoms with Gasteiger partial charge in [0.15, 0.2) is 0 Å². The summed E-state index contributed by atoms with van der Waals surface area (Å²) in [7, 11) is 1.57. The Labute approximate surface area is 166 Å². The van der Waals surface area contributed by atoms with Crippen molar-refractivity contribution in [1.29, 1.82) is 0 Å². The second kappa shape index (κ2) is 8.97. The van der Waals surface area contributed by atoms with Crippen molar-refractivity contribution in [2.75, 3.05) is 18.9 Å². The highest BCUT2D eigenvalue weighted by Crippen LogP contribution is 2.21. The molecule has 3 aromatic rings. The fourth-order valence-corrected chi connectivity index (χ4v) is 3.11. The van der Waals surface area contributed by atoms with E-state index >= 15 is 0 Å². The number of hydrogen-bond donors (Lipinski definition) is 1. The van der Waals surface area contributed by atoms with Gasteiger partial charge in [0, 0.05) is 31.1 Å². The summed E-state index contributed by atoms with van der Waals surface area (Å²) in [6, 6.07) is 10.8. The molecule has 3 rings (SSSR count). The van der Waals surface area contributed by atoms with Gasteiger partial charge in [-0.2, -0.15) is 4.98 Å². The van der Waals surface area contributed by atoms with Crippen LogP contribution in [0.3, 0.4) is 0 Å². The van der Waals surface area contributed by atoms with Gasteiger partial charge in [-0.3, -0.25) is 9.59 Å². The number of amides is 2. The van der Waals surface area contributed by atoms with Gasteiger partial charge >= 0.3 is 0 Å². The molecule has 2 amide bonds. The molecule has 1 N–H and O–H groups in total. The molecule has 2 heterocycles. The lowest BCUT2D eigenvalue weighted by molar-refractivity contribution is -0.133. The van der Waals surface area contributed by atoms with Crippen LogP contribution in [0.5, 0.6) is 0 Å². The first-order valence-electron chi connectivity index (χ1n) is 8.52. The van der Waals surface area contributed by atoms with Crippen molar-refractivity contribution in [3.8, 4) is 23.0 Å². The fourth-order valence-electron chi connectivity index (χ4n) is 2.46. The number of hydrogen-bond acceptors (Lipinski definition) is 6. The minimum atomic E-state index is -0.303. The van der Waals surface area contributed by atoms with Crippen LogP contribution in [0.25, 0.3) is 10.7 Å². The Morgan fingerprint density at radius 1 is 1.32 bits per heavy atom. The van der Waals surface area contributed by atoms with E-state index in [1.54, 1.807) is 31.3 Å². The van der Waals surface area contributed by atoms with Crippen molar-refractivity contribution < 1.29 is 14.1 Å². The van der Waals surface area contributed by atoms with Gasteiger partial charge in [-0.15, -0.1) is 17.8 Å². The largest absolute Gasteiger partial charge is 0.339 e. The molecule has 0 saturated heterocycles. The summed E-state index contributed by atoms with van der Waals surface area (Å²) in [6.45, 7) is -0.0661. The lowest BCUT2D eigenvalue weighted by Gasteiger charge is -2.16. The van der Waals surface area contributed by atoms with E-state index in [1.807, 2.05) is 17.5 Å². The zero-order valence-corrected chi connectivity index (χ0v) is 16.0. The maximum absolute atomic E-state index is 12.3. The van der Waals surface area contributed by atoms with Crippen molar-refractivity contribution in [3.63, 3.8) is 0 Å². The third kappa shape index (κ3) is 5.05. The predicted octanol–water partition coefficient (Wildman–Crippen LogP) is 2.81. The first-order valence-corrected chi connectivity index (χ1v) is 9.40. The van der Waals surface area contributed by atoms with Gasteiger partial charge in [-0.05, 0) is 29.6 Å². The molecule has 0 aliphatic rings. The van der Waals surface area contributed by atoms with Gasteiger partial charge in [0.2, 0.25) is 23.5 Å². The number of rotatable bonds is 7. The van der Waals surface area contributed by atoms with Crippen molar-refractivity contribution in [2.24, 2.45) is 0 Å². The van der Waals surface area contributed by atoms with Crippen molar-refractivity contribution in [2.45, 2.75) is 12.8 Å². The number of nitrogens with one attached hydrogen (secondary N) is 1. The van der Waals surface area contributed by atoms with Crippen LogP contribution in [0.15, 0.2) is 46.3 Å². The van der Waals surface area contributed by atoms with E-state index in [0.717, 1.165) is 4.88 Å². The van der Waals surface area contributed by atoms with E-state index in [2.05, 4.69) is 21.4 Å². The molecule has 0 saturated carbocycles. The van der Waals surface area contributed by atoms with Crippen molar-refractivity contribution in [3.05, 3.63) is 53.2 Å². The van der Waals surface area contributed by atoms with Crippen LogP contribution in [-0.4, -0.2) is 40.4 Å². The second-order valence-electron chi connectivity index (χ2n) is 6.01. The molecular formula is C20H18N4O3S. The topological polar surface area (TPSA) is 88.3 Å². The number of carbonyl (C=O) groups excluding carboxylic acids is 2. The number of nitrogens with zero attached hydrogens (tertiary/aromatic N) is 3. The molecule has 0 spiro atoms. The van der Waals surface area contributed by atoms with Gasteiger partial charge in [-0.25, -0.2) is 0 Å². The molecule has 8 heteroatoms. The van der Waals surface area contributed by atoms with Gasteiger partial charge < -0.3 is 14.7 Å². The predicted molar refractivity (Wildman–Crippen MR) is 107 cm³/mol. The monoisotopic (exact) mass is 394 g/mol. The zero-order valence-electron chi connectivity index (χ0n) is 15.2. The van der Waals surface area contributed by atoms with Crippen molar-refractivity contribution in [1.82, 2.24) is 15.0 Å². The smallest absolute Gasteiger partial charge is 0.243 e. The SMILES string of the molecule is C#Cc1cccc(NC(=O)CN(C)C(=O)CCc2nc(-c3cccs3)no2)c1. The fraction of sp³-hybridized carbons (Fsp3) is 0.200.